The smallest absolute Gasteiger partial charge is 0.152 e. The fraction of sp³-hybridized carbons (Fsp3) is 0.182. The van der Waals surface area contributed by atoms with Gasteiger partial charge in [0.1, 0.15) is 6.33 Å². The van der Waals surface area contributed by atoms with Gasteiger partial charge in [0.25, 0.3) is 0 Å². The molecule has 0 spiro atoms. The van der Waals surface area contributed by atoms with Crippen LogP contribution < -0.4 is 5.32 Å². The van der Waals surface area contributed by atoms with Crippen LogP contribution in [-0.2, 0) is 6.54 Å². The first kappa shape index (κ1) is 10.8. The summed E-state index contributed by atoms with van der Waals surface area (Å²) >= 11 is 5.96. The fourth-order valence-corrected chi connectivity index (χ4v) is 1.47. The lowest BCUT2D eigenvalue weighted by molar-refractivity contribution is 1.05. The maximum Gasteiger partial charge on any atom is 0.152 e. The summed E-state index contributed by atoms with van der Waals surface area (Å²) in [6.45, 7) is 2.60. The Bertz CT molecular complexity index is 473. The molecule has 2 aromatic heterocycles. The summed E-state index contributed by atoms with van der Waals surface area (Å²) in [6, 6.07) is 1.96. The van der Waals surface area contributed by atoms with Gasteiger partial charge in [0.15, 0.2) is 5.15 Å². The van der Waals surface area contributed by atoms with E-state index in [9.17, 15) is 0 Å². The number of pyridine rings is 1. The predicted molar refractivity (Wildman–Crippen MR) is 63.3 cm³/mol. The molecule has 82 valence electrons. The topological polar surface area (TPSA) is 50.7 Å². The summed E-state index contributed by atoms with van der Waals surface area (Å²) < 4.78 is 0. The van der Waals surface area contributed by atoms with Crippen LogP contribution in [0.3, 0.4) is 0 Å². The van der Waals surface area contributed by atoms with Crippen LogP contribution in [0.2, 0.25) is 5.15 Å². The first-order valence-electron chi connectivity index (χ1n) is 4.85. The zero-order chi connectivity index (χ0) is 11.4. The van der Waals surface area contributed by atoms with Crippen LogP contribution >= 0.6 is 11.6 Å². The molecule has 0 atom stereocenters. The Morgan fingerprint density at radius 2 is 2.00 bits per heavy atom. The van der Waals surface area contributed by atoms with Gasteiger partial charge in [0, 0.05) is 30.7 Å². The predicted octanol–water partition coefficient (Wildman–Crippen LogP) is 2.45. The molecule has 0 bridgehead atoms. The molecule has 1 N–H and O–H groups in total. The monoisotopic (exact) mass is 234 g/mol. The number of rotatable bonds is 3. The van der Waals surface area contributed by atoms with E-state index in [1.807, 2.05) is 13.0 Å². The lowest BCUT2D eigenvalue weighted by atomic mass is 10.3. The molecule has 0 aliphatic carbocycles. The van der Waals surface area contributed by atoms with Crippen LogP contribution in [0.1, 0.15) is 11.1 Å². The summed E-state index contributed by atoms with van der Waals surface area (Å²) in [5, 5.41) is 3.67. The first-order chi connectivity index (χ1) is 7.75. The van der Waals surface area contributed by atoms with Crippen molar-refractivity contribution in [3.05, 3.63) is 47.3 Å². The summed E-state index contributed by atoms with van der Waals surface area (Å²) in [5.41, 5.74) is 2.89. The van der Waals surface area contributed by atoms with Crippen molar-refractivity contribution in [2.45, 2.75) is 13.5 Å². The number of nitrogens with one attached hydrogen (secondary N) is 1. The highest BCUT2D eigenvalue weighted by Gasteiger charge is 2.01. The van der Waals surface area contributed by atoms with Gasteiger partial charge >= 0.3 is 0 Å². The van der Waals surface area contributed by atoms with E-state index >= 15 is 0 Å². The van der Waals surface area contributed by atoms with Crippen LogP contribution in [0.15, 0.2) is 31.0 Å². The maximum atomic E-state index is 5.96. The maximum absolute atomic E-state index is 5.96. The highest BCUT2D eigenvalue weighted by molar-refractivity contribution is 6.31. The first-order valence-corrected chi connectivity index (χ1v) is 5.23. The Morgan fingerprint density at radius 3 is 2.75 bits per heavy atom. The molecule has 0 amide bonds. The molecule has 0 fully saturated rings. The second kappa shape index (κ2) is 4.90. The van der Waals surface area contributed by atoms with Crippen molar-refractivity contribution in [3.63, 3.8) is 0 Å². The molecule has 0 saturated carbocycles. The van der Waals surface area contributed by atoms with Crippen molar-refractivity contribution in [1.29, 1.82) is 0 Å². The molecule has 0 radical (unpaired) electrons. The molecule has 5 heteroatoms. The largest absolute Gasteiger partial charge is 0.378 e. The van der Waals surface area contributed by atoms with Crippen LogP contribution in [0.4, 0.5) is 5.69 Å². The lowest BCUT2D eigenvalue weighted by Gasteiger charge is -2.07. The molecule has 0 aliphatic rings. The minimum Gasteiger partial charge on any atom is -0.378 e. The van der Waals surface area contributed by atoms with E-state index in [0.717, 1.165) is 16.8 Å². The number of halogens is 1. The lowest BCUT2D eigenvalue weighted by Crippen LogP contribution is -2.01. The van der Waals surface area contributed by atoms with Gasteiger partial charge < -0.3 is 5.32 Å². The Morgan fingerprint density at radius 1 is 1.25 bits per heavy atom. The zero-order valence-corrected chi connectivity index (χ0v) is 9.57. The van der Waals surface area contributed by atoms with Crippen molar-refractivity contribution in [2.75, 3.05) is 5.32 Å². The summed E-state index contributed by atoms with van der Waals surface area (Å²) in [4.78, 5) is 11.9. The van der Waals surface area contributed by atoms with Gasteiger partial charge in [-0.2, -0.15) is 0 Å². The Labute approximate surface area is 98.7 Å². The Balaban J connectivity index is 2.08. The van der Waals surface area contributed by atoms with Crippen LogP contribution in [0.25, 0.3) is 0 Å². The highest BCUT2D eigenvalue weighted by Crippen LogP contribution is 2.20. The molecule has 4 nitrogen and oxygen atoms in total. The standard InChI is InChI=1S/C11H11ClN4/c1-8-2-10(11(12)16-3-8)15-6-9-4-13-7-14-5-9/h2-5,7,15H,6H2,1H3. The van der Waals surface area contributed by atoms with Gasteiger partial charge in [-0.25, -0.2) is 15.0 Å². The van der Waals surface area contributed by atoms with E-state index < -0.39 is 0 Å². The number of nitrogens with zero attached hydrogens (tertiary/aromatic N) is 3. The van der Waals surface area contributed by atoms with Crippen LogP contribution in [0.5, 0.6) is 0 Å². The highest BCUT2D eigenvalue weighted by atomic mass is 35.5. The molecule has 0 aliphatic heterocycles. The van der Waals surface area contributed by atoms with Crippen molar-refractivity contribution >= 4 is 17.3 Å². The van der Waals surface area contributed by atoms with Gasteiger partial charge in [-0.3, -0.25) is 0 Å². The third-order valence-electron chi connectivity index (χ3n) is 2.07. The van der Waals surface area contributed by atoms with E-state index in [-0.39, 0.29) is 0 Å². The molecule has 0 aromatic carbocycles. The van der Waals surface area contributed by atoms with Gasteiger partial charge in [0.05, 0.1) is 5.69 Å². The molecule has 0 unspecified atom stereocenters. The number of aromatic nitrogens is 3. The van der Waals surface area contributed by atoms with E-state index in [1.165, 1.54) is 6.33 Å². The second-order valence-electron chi connectivity index (χ2n) is 3.45. The minimum atomic E-state index is 0.474. The molecule has 2 rings (SSSR count). The number of aryl methyl sites for hydroxylation is 1. The van der Waals surface area contributed by atoms with Crippen molar-refractivity contribution in [3.8, 4) is 0 Å². The molecule has 2 aromatic rings. The third-order valence-corrected chi connectivity index (χ3v) is 2.37. The van der Waals surface area contributed by atoms with E-state index in [4.69, 9.17) is 11.6 Å². The van der Waals surface area contributed by atoms with Crippen molar-refractivity contribution in [1.82, 2.24) is 15.0 Å². The van der Waals surface area contributed by atoms with E-state index in [1.54, 1.807) is 18.6 Å². The van der Waals surface area contributed by atoms with E-state index in [2.05, 4.69) is 20.3 Å². The Hall–Kier alpha value is -1.68. The molecule has 16 heavy (non-hydrogen) atoms. The van der Waals surface area contributed by atoms with Gasteiger partial charge in [-0.05, 0) is 18.6 Å². The normalized spacial score (nSPS) is 10.1. The summed E-state index contributed by atoms with van der Waals surface area (Å²) in [5.74, 6) is 0. The number of hydrogen-bond acceptors (Lipinski definition) is 4. The van der Waals surface area contributed by atoms with Gasteiger partial charge in [-0.15, -0.1) is 0 Å². The van der Waals surface area contributed by atoms with Gasteiger partial charge in [-0.1, -0.05) is 11.6 Å². The quantitative estimate of drug-likeness (QED) is 0.829. The number of anilines is 1. The fourth-order valence-electron chi connectivity index (χ4n) is 1.30. The molecular formula is C11H11ClN4. The third kappa shape index (κ3) is 2.67. The van der Waals surface area contributed by atoms with Crippen LogP contribution in [0, 0.1) is 6.92 Å². The number of hydrogen-bond donors (Lipinski definition) is 1. The van der Waals surface area contributed by atoms with E-state index in [0.29, 0.717) is 11.7 Å². The summed E-state index contributed by atoms with van der Waals surface area (Å²) in [6.07, 6.45) is 6.76. The molecular weight excluding hydrogens is 224 g/mol. The second-order valence-corrected chi connectivity index (χ2v) is 3.81. The Kier molecular flexibility index (Phi) is 3.31. The zero-order valence-electron chi connectivity index (χ0n) is 8.81. The van der Waals surface area contributed by atoms with Crippen LogP contribution in [-0.4, -0.2) is 15.0 Å². The molecule has 0 saturated heterocycles. The van der Waals surface area contributed by atoms with Gasteiger partial charge in [0.2, 0.25) is 0 Å². The average Bonchev–Trinajstić information content (AvgIpc) is 2.32. The SMILES string of the molecule is Cc1cnc(Cl)c(NCc2cncnc2)c1. The van der Waals surface area contributed by atoms with Crippen molar-refractivity contribution in [2.24, 2.45) is 0 Å². The summed E-state index contributed by atoms with van der Waals surface area (Å²) in [7, 11) is 0. The average molecular weight is 235 g/mol. The minimum absolute atomic E-state index is 0.474. The van der Waals surface area contributed by atoms with Crippen molar-refractivity contribution < 1.29 is 0 Å². The molecule has 2 heterocycles.